The van der Waals surface area contributed by atoms with Gasteiger partial charge in [0.2, 0.25) is 0 Å². The summed E-state index contributed by atoms with van der Waals surface area (Å²) in [6, 6.07) is 7.18. The maximum atomic E-state index is 12.5. The number of piperidine rings is 1. The maximum Gasteiger partial charge on any atom is 0.254 e. The molecule has 0 aromatic carbocycles. The third-order valence-electron chi connectivity index (χ3n) is 3.90. The third-order valence-corrected chi connectivity index (χ3v) is 3.90. The number of aromatic nitrogens is 2. The van der Waals surface area contributed by atoms with Crippen molar-refractivity contribution in [1.29, 1.82) is 0 Å². The van der Waals surface area contributed by atoms with Crippen LogP contribution in [0.4, 0.5) is 5.82 Å². The van der Waals surface area contributed by atoms with E-state index >= 15 is 0 Å². The second-order valence-corrected chi connectivity index (χ2v) is 5.66. The molecule has 2 aromatic rings. The topological polar surface area (TPSA) is 81.3 Å². The maximum absolute atomic E-state index is 12.5. The minimum Gasteiger partial charge on any atom is -0.384 e. The molecule has 1 aliphatic rings. The summed E-state index contributed by atoms with van der Waals surface area (Å²) in [5.74, 6) is 0.339. The van der Waals surface area contributed by atoms with Crippen molar-refractivity contribution in [2.24, 2.45) is 0 Å². The lowest BCUT2D eigenvalue weighted by atomic mass is 10.1. The van der Waals surface area contributed by atoms with E-state index in [0.29, 0.717) is 24.5 Å². The van der Waals surface area contributed by atoms with Gasteiger partial charge in [-0.2, -0.15) is 0 Å². The molecule has 2 aromatic heterocycles. The molecule has 1 saturated heterocycles. The van der Waals surface area contributed by atoms with Crippen molar-refractivity contribution >= 4 is 11.7 Å². The van der Waals surface area contributed by atoms with E-state index in [-0.39, 0.29) is 12.0 Å². The average Bonchev–Trinajstić information content (AvgIpc) is 2.60. The van der Waals surface area contributed by atoms with Crippen LogP contribution in [0.5, 0.6) is 0 Å². The summed E-state index contributed by atoms with van der Waals surface area (Å²) in [5.41, 5.74) is 7.27. The van der Waals surface area contributed by atoms with Crippen LogP contribution >= 0.6 is 0 Å². The van der Waals surface area contributed by atoms with Crippen LogP contribution in [0.15, 0.2) is 42.9 Å². The zero-order valence-corrected chi connectivity index (χ0v) is 12.9. The number of carbonyl (C=O) groups excluding carboxylic acids is 1. The standard InChI is InChI=1S/C17H20N4O2/c18-16-9-14(5-7-20-16)17(22)21-8-2-4-15(11-21)23-12-13-3-1-6-19-10-13/h1,3,5-7,9-10,15H,2,4,8,11-12H2,(H2,18,20). The minimum absolute atomic E-state index is 0.0197. The predicted octanol–water partition coefficient (Wildman–Crippen LogP) is 1.88. The van der Waals surface area contributed by atoms with Crippen molar-refractivity contribution in [3.8, 4) is 0 Å². The van der Waals surface area contributed by atoms with Gasteiger partial charge in [0.05, 0.1) is 12.7 Å². The van der Waals surface area contributed by atoms with E-state index in [0.717, 1.165) is 24.9 Å². The van der Waals surface area contributed by atoms with Crippen molar-refractivity contribution in [3.63, 3.8) is 0 Å². The van der Waals surface area contributed by atoms with Crippen LogP contribution in [-0.2, 0) is 11.3 Å². The van der Waals surface area contributed by atoms with Gasteiger partial charge in [0.15, 0.2) is 0 Å². The van der Waals surface area contributed by atoms with Gasteiger partial charge in [-0.3, -0.25) is 9.78 Å². The first-order chi connectivity index (χ1) is 11.2. The first kappa shape index (κ1) is 15.4. The fraction of sp³-hybridized carbons (Fsp3) is 0.353. The van der Waals surface area contributed by atoms with Crippen molar-refractivity contribution in [3.05, 3.63) is 54.0 Å². The SMILES string of the molecule is Nc1cc(C(=O)N2CCCC(OCc3cccnc3)C2)ccn1. The summed E-state index contributed by atoms with van der Waals surface area (Å²) in [5, 5.41) is 0. The lowest BCUT2D eigenvalue weighted by Crippen LogP contribution is -2.43. The number of amides is 1. The molecule has 0 radical (unpaired) electrons. The normalized spacial score (nSPS) is 17.9. The molecule has 6 heteroatoms. The number of nitrogens with two attached hydrogens (primary N) is 1. The highest BCUT2D eigenvalue weighted by Gasteiger charge is 2.25. The van der Waals surface area contributed by atoms with E-state index in [2.05, 4.69) is 9.97 Å². The Kier molecular flexibility index (Phi) is 4.83. The molecular formula is C17H20N4O2. The lowest BCUT2D eigenvalue weighted by molar-refractivity contribution is -0.00681. The molecule has 1 atom stereocenters. The number of carbonyl (C=O) groups is 1. The van der Waals surface area contributed by atoms with Gasteiger partial charge in [-0.25, -0.2) is 4.98 Å². The molecule has 1 unspecified atom stereocenters. The molecule has 1 aliphatic heterocycles. The highest BCUT2D eigenvalue weighted by atomic mass is 16.5. The predicted molar refractivity (Wildman–Crippen MR) is 86.6 cm³/mol. The Bertz CT molecular complexity index is 663. The van der Waals surface area contributed by atoms with Gasteiger partial charge in [-0.15, -0.1) is 0 Å². The van der Waals surface area contributed by atoms with E-state index in [1.165, 1.54) is 0 Å². The Balaban J connectivity index is 1.58. The van der Waals surface area contributed by atoms with E-state index in [9.17, 15) is 4.79 Å². The number of nitrogens with zero attached hydrogens (tertiary/aromatic N) is 3. The number of ether oxygens (including phenoxy) is 1. The van der Waals surface area contributed by atoms with Gasteiger partial charge in [0.25, 0.3) is 5.91 Å². The summed E-state index contributed by atoms with van der Waals surface area (Å²) in [7, 11) is 0. The molecule has 0 aliphatic carbocycles. The Morgan fingerprint density at radius 2 is 2.30 bits per heavy atom. The van der Waals surface area contributed by atoms with Gasteiger partial charge >= 0.3 is 0 Å². The third kappa shape index (κ3) is 4.04. The van der Waals surface area contributed by atoms with E-state index in [1.807, 2.05) is 17.0 Å². The summed E-state index contributed by atoms with van der Waals surface area (Å²) in [6.45, 7) is 1.86. The van der Waals surface area contributed by atoms with Crippen LogP contribution in [0, 0.1) is 0 Å². The highest BCUT2D eigenvalue weighted by molar-refractivity contribution is 5.94. The molecule has 0 saturated carbocycles. The summed E-state index contributed by atoms with van der Waals surface area (Å²) < 4.78 is 5.94. The average molecular weight is 312 g/mol. The molecule has 3 rings (SSSR count). The Labute approximate surface area is 135 Å². The number of anilines is 1. The van der Waals surface area contributed by atoms with E-state index in [1.54, 1.807) is 30.7 Å². The van der Waals surface area contributed by atoms with Crippen LogP contribution < -0.4 is 5.73 Å². The van der Waals surface area contributed by atoms with Gasteiger partial charge in [0.1, 0.15) is 5.82 Å². The second kappa shape index (κ2) is 7.19. The quantitative estimate of drug-likeness (QED) is 0.932. The number of likely N-dealkylation sites (tertiary alicyclic amines) is 1. The monoisotopic (exact) mass is 312 g/mol. The number of nitrogen functional groups attached to an aromatic ring is 1. The molecule has 2 N–H and O–H groups in total. The van der Waals surface area contributed by atoms with Crippen molar-refractivity contribution < 1.29 is 9.53 Å². The lowest BCUT2D eigenvalue weighted by Gasteiger charge is -2.32. The Morgan fingerprint density at radius 1 is 1.39 bits per heavy atom. The highest BCUT2D eigenvalue weighted by Crippen LogP contribution is 2.18. The van der Waals surface area contributed by atoms with Crippen LogP contribution in [0.3, 0.4) is 0 Å². The first-order valence-corrected chi connectivity index (χ1v) is 7.73. The second-order valence-electron chi connectivity index (χ2n) is 5.66. The summed E-state index contributed by atoms with van der Waals surface area (Å²) >= 11 is 0. The smallest absolute Gasteiger partial charge is 0.254 e. The van der Waals surface area contributed by atoms with Crippen LogP contribution in [0.2, 0.25) is 0 Å². The van der Waals surface area contributed by atoms with Crippen LogP contribution in [0.1, 0.15) is 28.8 Å². The minimum atomic E-state index is -0.0197. The largest absolute Gasteiger partial charge is 0.384 e. The Morgan fingerprint density at radius 3 is 3.09 bits per heavy atom. The number of hydrogen-bond acceptors (Lipinski definition) is 5. The van der Waals surface area contributed by atoms with Gasteiger partial charge in [-0.05, 0) is 36.6 Å². The van der Waals surface area contributed by atoms with E-state index in [4.69, 9.17) is 10.5 Å². The number of rotatable bonds is 4. The molecule has 0 spiro atoms. The fourth-order valence-corrected chi connectivity index (χ4v) is 2.72. The van der Waals surface area contributed by atoms with Crippen LogP contribution in [0.25, 0.3) is 0 Å². The van der Waals surface area contributed by atoms with Crippen molar-refractivity contribution in [2.45, 2.75) is 25.6 Å². The van der Waals surface area contributed by atoms with Gasteiger partial charge < -0.3 is 15.4 Å². The molecule has 6 nitrogen and oxygen atoms in total. The summed E-state index contributed by atoms with van der Waals surface area (Å²) in [4.78, 5) is 22.4. The summed E-state index contributed by atoms with van der Waals surface area (Å²) in [6.07, 6.45) is 7.04. The molecule has 23 heavy (non-hydrogen) atoms. The van der Waals surface area contributed by atoms with E-state index < -0.39 is 0 Å². The number of hydrogen-bond donors (Lipinski definition) is 1. The first-order valence-electron chi connectivity index (χ1n) is 7.73. The number of pyridine rings is 2. The van der Waals surface area contributed by atoms with Gasteiger partial charge in [0, 0.05) is 37.2 Å². The molecule has 0 bridgehead atoms. The fourth-order valence-electron chi connectivity index (χ4n) is 2.72. The molecule has 1 fully saturated rings. The Hall–Kier alpha value is -2.47. The van der Waals surface area contributed by atoms with Gasteiger partial charge in [-0.1, -0.05) is 6.07 Å². The molecule has 3 heterocycles. The zero-order chi connectivity index (χ0) is 16.1. The molecule has 120 valence electrons. The zero-order valence-electron chi connectivity index (χ0n) is 12.9. The molecule has 1 amide bonds. The van der Waals surface area contributed by atoms with Crippen molar-refractivity contribution in [1.82, 2.24) is 14.9 Å². The van der Waals surface area contributed by atoms with Crippen LogP contribution in [-0.4, -0.2) is 40.0 Å². The molecular weight excluding hydrogens is 292 g/mol. The van der Waals surface area contributed by atoms with Crippen molar-refractivity contribution in [2.75, 3.05) is 18.8 Å².